The van der Waals surface area contributed by atoms with Gasteiger partial charge in [-0.2, -0.15) is 10.2 Å². The van der Waals surface area contributed by atoms with Gasteiger partial charge in [0, 0.05) is 11.8 Å². The summed E-state index contributed by atoms with van der Waals surface area (Å²) in [7, 11) is 0. The first-order valence-electron chi connectivity index (χ1n) is 10.1. The molecule has 1 aromatic carbocycles. The summed E-state index contributed by atoms with van der Waals surface area (Å²) in [6.07, 6.45) is -4.34. The molecule has 7 nitrogen and oxygen atoms in total. The smallest absolute Gasteiger partial charge is 0.280 e. The van der Waals surface area contributed by atoms with Gasteiger partial charge >= 0.3 is 0 Å². The van der Waals surface area contributed by atoms with E-state index >= 15 is 0 Å². The van der Waals surface area contributed by atoms with Crippen molar-refractivity contribution in [2.45, 2.75) is 39.8 Å². The second-order valence-corrected chi connectivity index (χ2v) is 8.59. The van der Waals surface area contributed by atoms with E-state index in [1.54, 1.807) is 10.9 Å². The molecule has 12 heteroatoms. The normalized spacial score (nSPS) is 11.7. The maximum atomic E-state index is 13.5. The number of benzene rings is 1. The third-order valence-corrected chi connectivity index (χ3v) is 5.70. The van der Waals surface area contributed by atoms with Crippen LogP contribution in [0.25, 0.3) is 11.0 Å². The van der Waals surface area contributed by atoms with Gasteiger partial charge in [-0.3, -0.25) is 9.48 Å². The van der Waals surface area contributed by atoms with Crippen LogP contribution in [0.2, 0.25) is 0 Å². The molecular formula is C22H19BrF4N6O. The molecule has 3 aromatic heterocycles. The number of aryl methyl sites for hydroxylation is 2. The molecule has 0 aliphatic carbocycles. The summed E-state index contributed by atoms with van der Waals surface area (Å²) in [5, 5.41) is 11.0. The van der Waals surface area contributed by atoms with Crippen LogP contribution in [0.15, 0.2) is 41.0 Å². The fourth-order valence-corrected chi connectivity index (χ4v) is 3.97. The minimum Gasteiger partial charge on any atom is -0.307 e. The standard InChI is InChI=1S/C22H19BrF4N6O/c1-11-3-5-13(6-4-11)8-32-9-15(23)21(31-32)29-17(34)10-33-22-18(12(2)30-33)14(19(24)25)7-16(28-22)20(26)27/h3-7,9,19-20H,8,10H2,1-2H3,(H,29,31,34). The minimum absolute atomic E-state index is 0.0456. The fraction of sp³-hybridized carbons (Fsp3) is 0.273. The van der Waals surface area contributed by atoms with Crippen molar-refractivity contribution in [2.75, 3.05) is 5.32 Å². The van der Waals surface area contributed by atoms with Crippen molar-refractivity contribution in [3.8, 4) is 0 Å². The van der Waals surface area contributed by atoms with Gasteiger partial charge in [0.05, 0.1) is 22.1 Å². The summed E-state index contributed by atoms with van der Waals surface area (Å²) >= 11 is 3.35. The van der Waals surface area contributed by atoms with Gasteiger partial charge in [-0.15, -0.1) is 0 Å². The number of rotatable bonds is 7. The van der Waals surface area contributed by atoms with Crippen LogP contribution in [-0.2, 0) is 17.9 Å². The van der Waals surface area contributed by atoms with E-state index in [9.17, 15) is 22.4 Å². The number of pyridine rings is 1. The molecule has 0 radical (unpaired) electrons. The predicted molar refractivity (Wildman–Crippen MR) is 121 cm³/mol. The highest BCUT2D eigenvalue weighted by atomic mass is 79.9. The average Bonchev–Trinajstić information content (AvgIpc) is 3.27. The highest BCUT2D eigenvalue weighted by Gasteiger charge is 2.24. The predicted octanol–water partition coefficient (Wildman–Crippen LogP) is 5.57. The molecule has 4 aromatic rings. The van der Waals surface area contributed by atoms with Crippen molar-refractivity contribution in [2.24, 2.45) is 0 Å². The van der Waals surface area contributed by atoms with E-state index in [0.29, 0.717) is 17.1 Å². The van der Waals surface area contributed by atoms with E-state index in [1.807, 2.05) is 31.2 Å². The summed E-state index contributed by atoms with van der Waals surface area (Å²) in [6, 6.07) is 8.60. The molecule has 0 bridgehead atoms. The van der Waals surface area contributed by atoms with Crippen LogP contribution in [0.5, 0.6) is 0 Å². The van der Waals surface area contributed by atoms with E-state index in [0.717, 1.165) is 15.8 Å². The van der Waals surface area contributed by atoms with Crippen molar-refractivity contribution in [3.05, 3.63) is 69.1 Å². The van der Waals surface area contributed by atoms with Gasteiger partial charge in [-0.25, -0.2) is 27.2 Å². The lowest BCUT2D eigenvalue weighted by atomic mass is 10.1. The summed E-state index contributed by atoms with van der Waals surface area (Å²) in [4.78, 5) is 16.4. The van der Waals surface area contributed by atoms with Gasteiger partial charge in [-0.1, -0.05) is 29.8 Å². The number of carbonyl (C=O) groups excluding carboxylic acids is 1. The van der Waals surface area contributed by atoms with Gasteiger partial charge in [0.15, 0.2) is 11.5 Å². The van der Waals surface area contributed by atoms with Crippen molar-refractivity contribution in [1.29, 1.82) is 0 Å². The lowest BCUT2D eigenvalue weighted by Crippen LogP contribution is -2.20. The molecular weight excluding hydrogens is 520 g/mol. The molecule has 0 aliphatic heterocycles. The summed E-state index contributed by atoms with van der Waals surface area (Å²) in [5.41, 5.74) is 0.715. The third kappa shape index (κ3) is 4.96. The topological polar surface area (TPSA) is 77.6 Å². The lowest BCUT2D eigenvalue weighted by molar-refractivity contribution is -0.116. The monoisotopic (exact) mass is 538 g/mol. The Morgan fingerprint density at radius 2 is 1.79 bits per heavy atom. The number of nitrogens with one attached hydrogen (secondary N) is 1. The van der Waals surface area contributed by atoms with E-state index in [1.165, 1.54) is 6.92 Å². The second-order valence-electron chi connectivity index (χ2n) is 7.74. The zero-order chi connectivity index (χ0) is 24.6. The molecule has 0 unspecified atom stereocenters. The van der Waals surface area contributed by atoms with Crippen LogP contribution < -0.4 is 5.32 Å². The average molecular weight is 539 g/mol. The van der Waals surface area contributed by atoms with Gasteiger partial charge in [-0.05, 0) is 41.4 Å². The fourth-order valence-electron chi connectivity index (χ4n) is 3.55. The third-order valence-electron chi connectivity index (χ3n) is 5.12. The lowest BCUT2D eigenvalue weighted by Gasteiger charge is -2.08. The molecule has 1 amide bonds. The number of carbonyl (C=O) groups is 1. The molecule has 178 valence electrons. The van der Waals surface area contributed by atoms with Gasteiger partial charge in [0.2, 0.25) is 5.91 Å². The number of aromatic nitrogens is 5. The quantitative estimate of drug-likeness (QED) is 0.312. The van der Waals surface area contributed by atoms with Crippen molar-refractivity contribution >= 4 is 38.7 Å². The van der Waals surface area contributed by atoms with Crippen LogP contribution in [0.3, 0.4) is 0 Å². The van der Waals surface area contributed by atoms with Gasteiger partial charge < -0.3 is 5.32 Å². The van der Waals surface area contributed by atoms with E-state index in [-0.39, 0.29) is 22.5 Å². The molecule has 0 saturated carbocycles. The zero-order valence-corrected chi connectivity index (χ0v) is 19.7. The Balaban J connectivity index is 1.56. The first-order valence-corrected chi connectivity index (χ1v) is 10.9. The van der Waals surface area contributed by atoms with Crippen molar-refractivity contribution in [1.82, 2.24) is 24.5 Å². The van der Waals surface area contributed by atoms with Gasteiger partial charge in [0.1, 0.15) is 12.2 Å². The van der Waals surface area contributed by atoms with Crippen molar-refractivity contribution < 1.29 is 22.4 Å². The first kappa shape index (κ1) is 23.9. The summed E-state index contributed by atoms with van der Waals surface area (Å²) in [5.74, 6) is -0.326. The molecule has 34 heavy (non-hydrogen) atoms. The van der Waals surface area contributed by atoms with Crippen LogP contribution in [0.4, 0.5) is 23.4 Å². The SMILES string of the molecule is Cc1ccc(Cn2cc(Br)c(NC(=O)Cn3nc(C)c4c(C(F)F)cc(C(F)F)nc43)n2)cc1. The second kappa shape index (κ2) is 9.53. The minimum atomic E-state index is -3.05. The van der Waals surface area contributed by atoms with Crippen LogP contribution in [0.1, 0.15) is 40.9 Å². The molecule has 1 N–H and O–H groups in total. The molecule has 4 rings (SSSR count). The van der Waals surface area contributed by atoms with Gasteiger partial charge in [0.25, 0.3) is 12.9 Å². The number of amides is 1. The first-order chi connectivity index (χ1) is 16.1. The molecule has 0 atom stereocenters. The Hall–Kier alpha value is -3.28. The van der Waals surface area contributed by atoms with Crippen LogP contribution in [0, 0.1) is 13.8 Å². The number of hydrogen-bond donors (Lipinski definition) is 1. The Morgan fingerprint density at radius 3 is 2.44 bits per heavy atom. The Labute approximate surface area is 199 Å². The Morgan fingerprint density at radius 1 is 1.09 bits per heavy atom. The van der Waals surface area contributed by atoms with E-state index in [2.05, 4.69) is 36.4 Å². The number of alkyl halides is 4. The Kier molecular flexibility index (Phi) is 6.69. The van der Waals surface area contributed by atoms with E-state index < -0.39 is 36.6 Å². The largest absolute Gasteiger partial charge is 0.307 e. The maximum absolute atomic E-state index is 13.5. The maximum Gasteiger partial charge on any atom is 0.280 e. The van der Waals surface area contributed by atoms with Crippen LogP contribution in [-0.4, -0.2) is 30.5 Å². The molecule has 0 aliphatic rings. The zero-order valence-electron chi connectivity index (χ0n) is 18.1. The molecule has 0 fully saturated rings. The highest BCUT2D eigenvalue weighted by molar-refractivity contribution is 9.10. The molecule has 3 heterocycles. The van der Waals surface area contributed by atoms with Crippen LogP contribution >= 0.6 is 15.9 Å². The van der Waals surface area contributed by atoms with Crippen molar-refractivity contribution in [3.63, 3.8) is 0 Å². The number of halogens is 5. The molecule has 0 saturated heterocycles. The highest BCUT2D eigenvalue weighted by Crippen LogP contribution is 2.32. The summed E-state index contributed by atoms with van der Waals surface area (Å²) < 4.78 is 56.6. The molecule has 0 spiro atoms. The number of fused-ring (bicyclic) bond motifs is 1. The Bertz CT molecular complexity index is 1350. The number of hydrogen-bond acceptors (Lipinski definition) is 4. The number of nitrogens with zero attached hydrogens (tertiary/aromatic N) is 5. The number of anilines is 1. The summed E-state index contributed by atoms with van der Waals surface area (Å²) in [6.45, 7) is 3.50. The van der Waals surface area contributed by atoms with E-state index in [4.69, 9.17) is 0 Å².